The summed E-state index contributed by atoms with van der Waals surface area (Å²) in [4.78, 5) is 1.30. The fraction of sp³-hybridized carbons (Fsp3) is 0.312. The predicted molar refractivity (Wildman–Crippen MR) is 89.3 cm³/mol. The Morgan fingerprint density at radius 3 is 3.00 bits per heavy atom. The molecule has 3 rings (SSSR count). The summed E-state index contributed by atoms with van der Waals surface area (Å²) in [6.07, 6.45) is 6.00. The van der Waals surface area contributed by atoms with Gasteiger partial charge >= 0.3 is 0 Å². The summed E-state index contributed by atoms with van der Waals surface area (Å²) in [6, 6.07) is 10.5. The maximum Gasteiger partial charge on any atom is 0.0931 e. The zero-order chi connectivity index (χ0) is 14.7. The third-order valence-electron chi connectivity index (χ3n) is 3.51. The Labute approximate surface area is 133 Å². The molecule has 0 aromatic carbocycles. The molecule has 0 aliphatic rings. The lowest BCUT2D eigenvalue weighted by molar-refractivity contribution is 0.535. The van der Waals surface area contributed by atoms with Crippen molar-refractivity contribution in [3.63, 3.8) is 0 Å². The lowest BCUT2D eigenvalue weighted by Crippen LogP contribution is -2.23. The summed E-state index contributed by atoms with van der Waals surface area (Å²) in [6.45, 7) is 3.18. The van der Waals surface area contributed by atoms with Crippen molar-refractivity contribution in [1.82, 2.24) is 14.9 Å². The van der Waals surface area contributed by atoms with E-state index in [1.54, 1.807) is 11.3 Å². The normalized spacial score (nSPS) is 12.9. The molecule has 1 atom stereocenters. The third-order valence-corrected chi connectivity index (χ3v) is 4.76. The Bertz CT molecular complexity index is 719. The molecule has 0 saturated heterocycles. The van der Waals surface area contributed by atoms with Gasteiger partial charge in [0.25, 0.3) is 0 Å². The van der Waals surface area contributed by atoms with Crippen LogP contribution in [0.25, 0.3) is 5.52 Å². The first-order valence-electron chi connectivity index (χ1n) is 7.18. The molecule has 0 spiro atoms. The predicted octanol–water partition coefficient (Wildman–Crippen LogP) is 4.33. The van der Waals surface area contributed by atoms with Gasteiger partial charge < -0.3 is 5.32 Å². The van der Waals surface area contributed by atoms with Crippen LogP contribution in [0.5, 0.6) is 0 Å². The molecule has 3 aromatic rings. The van der Waals surface area contributed by atoms with Crippen LogP contribution in [-0.4, -0.2) is 16.2 Å². The monoisotopic (exact) mass is 319 g/mol. The number of aromatic nitrogens is 2. The van der Waals surface area contributed by atoms with Gasteiger partial charge in [-0.1, -0.05) is 24.6 Å². The molecular weight excluding hydrogens is 302 g/mol. The number of nitrogens with one attached hydrogen (secondary N) is 1. The number of nitrogens with zero attached hydrogens (tertiary/aromatic N) is 2. The maximum absolute atomic E-state index is 6.05. The molecule has 1 unspecified atom stereocenters. The van der Waals surface area contributed by atoms with E-state index in [-0.39, 0.29) is 6.04 Å². The highest BCUT2D eigenvalue weighted by atomic mass is 35.5. The van der Waals surface area contributed by atoms with E-state index in [0.29, 0.717) is 0 Å². The topological polar surface area (TPSA) is 29.3 Å². The minimum atomic E-state index is 0.263. The number of fused-ring (bicyclic) bond motifs is 1. The molecule has 0 aliphatic heterocycles. The van der Waals surface area contributed by atoms with E-state index in [9.17, 15) is 0 Å². The Morgan fingerprint density at radius 2 is 2.24 bits per heavy atom. The second kappa shape index (κ2) is 6.60. The molecule has 1 N–H and O–H groups in total. The van der Waals surface area contributed by atoms with E-state index in [4.69, 9.17) is 11.6 Å². The Hall–Kier alpha value is -1.36. The second-order valence-corrected chi connectivity index (χ2v) is 6.85. The van der Waals surface area contributed by atoms with Crippen LogP contribution < -0.4 is 5.32 Å². The van der Waals surface area contributed by atoms with Crippen LogP contribution in [0.15, 0.2) is 42.7 Å². The van der Waals surface area contributed by atoms with Crippen molar-refractivity contribution in [2.75, 3.05) is 6.54 Å². The molecule has 21 heavy (non-hydrogen) atoms. The van der Waals surface area contributed by atoms with Gasteiger partial charge in [-0.3, -0.25) is 0 Å². The Morgan fingerprint density at radius 1 is 1.33 bits per heavy atom. The van der Waals surface area contributed by atoms with Crippen molar-refractivity contribution in [2.24, 2.45) is 0 Å². The van der Waals surface area contributed by atoms with Crippen LogP contribution in [0.1, 0.15) is 29.8 Å². The standard InChI is InChI=1S/C16H18ClN3S/c1-2-8-18-14(10-12-6-7-16(17)21-12)13-11-19-20-9-4-3-5-15(13)20/h3-7,9,11,14,18H,2,8,10H2,1H3. The molecule has 3 heterocycles. The van der Waals surface area contributed by atoms with Crippen LogP contribution in [-0.2, 0) is 6.42 Å². The fourth-order valence-corrected chi connectivity index (χ4v) is 3.63. The van der Waals surface area contributed by atoms with E-state index >= 15 is 0 Å². The molecule has 3 aromatic heterocycles. The molecule has 0 aliphatic carbocycles. The summed E-state index contributed by atoms with van der Waals surface area (Å²) in [7, 11) is 0. The van der Waals surface area contributed by atoms with Crippen molar-refractivity contribution in [3.05, 3.63) is 57.5 Å². The molecule has 0 bridgehead atoms. The van der Waals surface area contributed by atoms with Crippen LogP contribution in [0.3, 0.4) is 0 Å². The van der Waals surface area contributed by atoms with E-state index in [0.717, 1.165) is 29.2 Å². The number of thiophene rings is 1. The van der Waals surface area contributed by atoms with Gasteiger partial charge in [-0.15, -0.1) is 11.3 Å². The highest BCUT2D eigenvalue weighted by Gasteiger charge is 2.17. The summed E-state index contributed by atoms with van der Waals surface area (Å²) in [5.41, 5.74) is 2.40. The van der Waals surface area contributed by atoms with Crippen LogP contribution in [0.4, 0.5) is 0 Å². The van der Waals surface area contributed by atoms with Crippen molar-refractivity contribution in [1.29, 1.82) is 0 Å². The summed E-state index contributed by atoms with van der Waals surface area (Å²) < 4.78 is 2.77. The Balaban J connectivity index is 1.91. The van der Waals surface area contributed by atoms with Gasteiger partial charge in [0.1, 0.15) is 0 Å². The number of hydrogen-bond donors (Lipinski definition) is 1. The van der Waals surface area contributed by atoms with Crippen molar-refractivity contribution in [3.8, 4) is 0 Å². The highest BCUT2D eigenvalue weighted by molar-refractivity contribution is 7.16. The lowest BCUT2D eigenvalue weighted by atomic mass is 10.0. The molecule has 0 amide bonds. The molecule has 0 saturated carbocycles. The summed E-state index contributed by atoms with van der Waals surface area (Å²) in [5, 5.41) is 8.08. The minimum Gasteiger partial charge on any atom is -0.310 e. The van der Waals surface area contributed by atoms with E-state index in [1.807, 2.05) is 29.0 Å². The van der Waals surface area contributed by atoms with E-state index < -0.39 is 0 Å². The first-order chi connectivity index (χ1) is 10.3. The number of hydrogen-bond acceptors (Lipinski definition) is 3. The van der Waals surface area contributed by atoms with Crippen molar-refractivity contribution in [2.45, 2.75) is 25.8 Å². The SMILES string of the molecule is CCCNC(Cc1ccc(Cl)s1)c1cnn2ccccc12. The zero-order valence-corrected chi connectivity index (χ0v) is 13.5. The highest BCUT2D eigenvalue weighted by Crippen LogP contribution is 2.28. The van der Waals surface area contributed by atoms with Crippen molar-refractivity contribution < 1.29 is 0 Å². The molecule has 0 radical (unpaired) electrons. The maximum atomic E-state index is 6.05. The lowest BCUT2D eigenvalue weighted by Gasteiger charge is -2.17. The number of pyridine rings is 1. The number of rotatable bonds is 6. The molecule has 3 nitrogen and oxygen atoms in total. The van der Waals surface area contributed by atoms with Crippen LogP contribution >= 0.6 is 22.9 Å². The van der Waals surface area contributed by atoms with Gasteiger partial charge in [0.15, 0.2) is 0 Å². The molecular formula is C16H18ClN3S. The average Bonchev–Trinajstić information content (AvgIpc) is 3.09. The first kappa shape index (κ1) is 14.6. The average molecular weight is 320 g/mol. The first-order valence-corrected chi connectivity index (χ1v) is 8.37. The van der Waals surface area contributed by atoms with Gasteiger partial charge in [-0.05, 0) is 37.2 Å². The molecule has 5 heteroatoms. The third kappa shape index (κ3) is 3.28. The molecule has 110 valence electrons. The van der Waals surface area contributed by atoms with E-state index in [1.165, 1.54) is 10.4 Å². The quantitative estimate of drug-likeness (QED) is 0.732. The van der Waals surface area contributed by atoms with Gasteiger partial charge in [0.2, 0.25) is 0 Å². The fourth-order valence-electron chi connectivity index (χ4n) is 2.50. The van der Waals surface area contributed by atoms with Crippen molar-refractivity contribution >= 4 is 28.5 Å². The van der Waals surface area contributed by atoms with Gasteiger partial charge in [0.05, 0.1) is 16.0 Å². The minimum absolute atomic E-state index is 0.263. The van der Waals surface area contributed by atoms with Gasteiger partial charge in [-0.25, -0.2) is 4.52 Å². The summed E-state index contributed by atoms with van der Waals surface area (Å²) in [5.74, 6) is 0. The summed E-state index contributed by atoms with van der Waals surface area (Å²) >= 11 is 7.70. The van der Waals surface area contributed by atoms with E-state index in [2.05, 4.69) is 35.5 Å². The largest absolute Gasteiger partial charge is 0.310 e. The molecule has 0 fully saturated rings. The smallest absolute Gasteiger partial charge is 0.0931 e. The van der Waals surface area contributed by atoms with Crippen LogP contribution in [0.2, 0.25) is 4.34 Å². The zero-order valence-electron chi connectivity index (χ0n) is 11.9. The number of halogens is 1. The van der Waals surface area contributed by atoms with Gasteiger partial charge in [-0.2, -0.15) is 5.10 Å². The van der Waals surface area contributed by atoms with Crippen LogP contribution in [0, 0.1) is 0 Å². The Kier molecular flexibility index (Phi) is 4.58. The van der Waals surface area contributed by atoms with Gasteiger partial charge in [0, 0.05) is 29.1 Å². The second-order valence-electron chi connectivity index (χ2n) is 5.05.